The van der Waals surface area contributed by atoms with Gasteiger partial charge in [-0.3, -0.25) is 4.79 Å². The number of nitrogen functional groups attached to an aromatic ring is 1. The molecule has 0 aliphatic carbocycles. The van der Waals surface area contributed by atoms with Gasteiger partial charge in [-0.1, -0.05) is 19.1 Å². The van der Waals surface area contributed by atoms with Gasteiger partial charge >= 0.3 is 0 Å². The Kier molecular flexibility index (Phi) is 5.27. The highest BCUT2D eigenvalue weighted by atomic mass is 32.2. The SMILES string of the molecule is CCSCC(C)NC(=O)c1ccn(-c2ccccc2N)n1. The minimum atomic E-state index is -0.160. The van der Waals surface area contributed by atoms with E-state index in [9.17, 15) is 4.79 Å². The van der Waals surface area contributed by atoms with Crippen molar-refractivity contribution in [3.8, 4) is 5.69 Å². The molecule has 2 aromatic rings. The zero-order valence-corrected chi connectivity index (χ0v) is 13.1. The van der Waals surface area contributed by atoms with Crippen LogP contribution in [0, 0.1) is 0 Å². The monoisotopic (exact) mass is 304 g/mol. The number of para-hydroxylation sites is 2. The Bertz CT molecular complexity index is 611. The summed E-state index contributed by atoms with van der Waals surface area (Å²) in [6.45, 7) is 4.10. The van der Waals surface area contributed by atoms with Gasteiger partial charge in [0.2, 0.25) is 0 Å². The van der Waals surface area contributed by atoms with E-state index in [1.807, 2.05) is 25.1 Å². The van der Waals surface area contributed by atoms with Gasteiger partial charge in [-0.25, -0.2) is 4.68 Å². The highest BCUT2D eigenvalue weighted by Crippen LogP contribution is 2.15. The van der Waals surface area contributed by atoms with Crippen molar-refractivity contribution >= 4 is 23.4 Å². The lowest BCUT2D eigenvalue weighted by atomic mass is 10.3. The van der Waals surface area contributed by atoms with Crippen molar-refractivity contribution in [1.82, 2.24) is 15.1 Å². The fourth-order valence-electron chi connectivity index (χ4n) is 1.91. The molecule has 1 aromatic heterocycles. The Balaban J connectivity index is 2.06. The number of hydrogen-bond donors (Lipinski definition) is 2. The Morgan fingerprint density at radius 1 is 1.43 bits per heavy atom. The fraction of sp³-hybridized carbons (Fsp3) is 0.333. The molecule has 1 aromatic carbocycles. The summed E-state index contributed by atoms with van der Waals surface area (Å²) >= 11 is 1.80. The van der Waals surface area contributed by atoms with Crippen LogP contribution in [0.3, 0.4) is 0 Å². The van der Waals surface area contributed by atoms with Crippen LogP contribution in [0.1, 0.15) is 24.3 Å². The van der Waals surface area contributed by atoms with Gasteiger partial charge in [0.1, 0.15) is 0 Å². The van der Waals surface area contributed by atoms with Crippen molar-refractivity contribution in [2.75, 3.05) is 17.2 Å². The largest absolute Gasteiger partial charge is 0.397 e. The first kappa shape index (κ1) is 15.4. The minimum absolute atomic E-state index is 0.120. The predicted molar refractivity (Wildman–Crippen MR) is 87.9 cm³/mol. The van der Waals surface area contributed by atoms with E-state index in [0.29, 0.717) is 11.4 Å². The molecule has 0 saturated heterocycles. The summed E-state index contributed by atoms with van der Waals surface area (Å²) in [5.41, 5.74) is 7.70. The lowest BCUT2D eigenvalue weighted by molar-refractivity contribution is 0.0938. The van der Waals surface area contributed by atoms with E-state index in [-0.39, 0.29) is 11.9 Å². The van der Waals surface area contributed by atoms with E-state index in [4.69, 9.17) is 5.73 Å². The maximum Gasteiger partial charge on any atom is 0.272 e. The highest BCUT2D eigenvalue weighted by molar-refractivity contribution is 7.99. The number of anilines is 1. The summed E-state index contributed by atoms with van der Waals surface area (Å²) < 4.78 is 1.62. The normalized spacial score (nSPS) is 12.1. The van der Waals surface area contributed by atoms with Crippen LogP contribution in [0.2, 0.25) is 0 Å². The Labute approximate surface area is 128 Å². The van der Waals surface area contributed by atoms with Crippen LogP contribution in [0.25, 0.3) is 5.69 Å². The van der Waals surface area contributed by atoms with Crippen molar-refractivity contribution < 1.29 is 4.79 Å². The Morgan fingerprint density at radius 2 is 2.19 bits per heavy atom. The number of carbonyl (C=O) groups is 1. The average molecular weight is 304 g/mol. The predicted octanol–water partition coefficient (Wildman–Crippen LogP) is 2.33. The molecular formula is C15H20N4OS. The van der Waals surface area contributed by atoms with Gasteiger partial charge in [0, 0.05) is 18.0 Å². The third-order valence-electron chi connectivity index (χ3n) is 2.95. The van der Waals surface area contributed by atoms with Crippen LogP contribution in [0.5, 0.6) is 0 Å². The zero-order chi connectivity index (χ0) is 15.2. The number of nitrogens with zero attached hydrogens (tertiary/aromatic N) is 2. The Hall–Kier alpha value is -1.95. The van der Waals surface area contributed by atoms with E-state index < -0.39 is 0 Å². The molecule has 0 bridgehead atoms. The summed E-state index contributed by atoms with van der Waals surface area (Å²) in [7, 11) is 0. The van der Waals surface area contributed by atoms with E-state index in [1.165, 1.54) is 0 Å². The molecule has 0 fully saturated rings. The topological polar surface area (TPSA) is 72.9 Å². The van der Waals surface area contributed by atoms with Gasteiger partial charge in [-0.05, 0) is 30.9 Å². The number of rotatable bonds is 6. The molecule has 2 rings (SSSR count). The second-order valence-corrected chi connectivity index (χ2v) is 6.06. The lowest BCUT2D eigenvalue weighted by Gasteiger charge is -2.11. The number of amides is 1. The van der Waals surface area contributed by atoms with E-state index >= 15 is 0 Å². The molecule has 0 aliphatic rings. The molecule has 21 heavy (non-hydrogen) atoms. The third kappa shape index (κ3) is 4.01. The van der Waals surface area contributed by atoms with Crippen molar-refractivity contribution in [1.29, 1.82) is 0 Å². The van der Waals surface area contributed by atoms with E-state index in [1.54, 1.807) is 34.8 Å². The van der Waals surface area contributed by atoms with Crippen LogP contribution in [-0.4, -0.2) is 33.2 Å². The molecule has 6 heteroatoms. The first-order valence-corrected chi connectivity index (χ1v) is 8.06. The first-order chi connectivity index (χ1) is 10.1. The third-order valence-corrected chi connectivity index (χ3v) is 4.10. The van der Waals surface area contributed by atoms with Crippen LogP contribution < -0.4 is 11.1 Å². The zero-order valence-electron chi connectivity index (χ0n) is 12.2. The first-order valence-electron chi connectivity index (χ1n) is 6.91. The van der Waals surface area contributed by atoms with Crippen molar-refractivity contribution in [2.24, 2.45) is 0 Å². The van der Waals surface area contributed by atoms with Crippen LogP contribution in [-0.2, 0) is 0 Å². The van der Waals surface area contributed by atoms with Gasteiger partial charge in [-0.2, -0.15) is 16.9 Å². The van der Waals surface area contributed by atoms with Gasteiger partial charge in [0.15, 0.2) is 5.69 Å². The van der Waals surface area contributed by atoms with Gasteiger partial charge in [0.05, 0.1) is 11.4 Å². The molecular weight excluding hydrogens is 284 g/mol. The summed E-state index contributed by atoms with van der Waals surface area (Å²) in [6, 6.07) is 9.24. The average Bonchev–Trinajstić information content (AvgIpc) is 2.95. The van der Waals surface area contributed by atoms with Crippen molar-refractivity contribution in [3.63, 3.8) is 0 Å². The van der Waals surface area contributed by atoms with Crippen molar-refractivity contribution in [3.05, 3.63) is 42.2 Å². The minimum Gasteiger partial charge on any atom is -0.397 e. The van der Waals surface area contributed by atoms with E-state index in [0.717, 1.165) is 17.2 Å². The lowest BCUT2D eigenvalue weighted by Crippen LogP contribution is -2.34. The molecule has 0 saturated carbocycles. The second kappa shape index (κ2) is 7.17. The number of hydrogen-bond acceptors (Lipinski definition) is 4. The molecule has 112 valence electrons. The van der Waals surface area contributed by atoms with Gasteiger partial charge in [0.25, 0.3) is 5.91 Å². The fourth-order valence-corrected chi connectivity index (χ4v) is 2.58. The Morgan fingerprint density at radius 3 is 2.90 bits per heavy atom. The number of carbonyl (C=O) groups excluding carboxylic acids is 1. The quantitative estimate of drug-likeness (QED) is 0.803. The summed E-state index contributed by atoms with van der Waals surface area (Å²) in [5.74, 6) is 1.78. The number of nitrogens with one attached hydrogen (secondary N) is 1. The van der Waals surface area contributed by atoms with Gasteiger partial charge in [-0.15, -0.1) is 0 Å². The van der Waals surface area contributed by atoms with Gasteiger partial charge < -0.3 is 11.1 Å². The van der Waals surface area contributed by atoms with Crippen LogP contribution >= 0.6 is 11.8 Å². The molecule has 1 amide bonds. The molecule has 1 atom stereocenters. The summed E-state index contributed by atoms with van der Waals surface area (Å²) in [6.07, 6.45) is 1.74. The van der Waals surface area contributed by atoms with Crippen LogP contribution in [0.15, 0.2) is 36.5 Å². The van der Waals surface area contributed by atoms with Crippen LogP contribution in [0.4, 0.5) is 5.69 Å². The molecule has 0 spiro atoms. The number of thioether (sulfide) groups is 1. The maximum absolute atomic E-state index is 12.1. The molecule has 0 radical (unpaired) electrons. The van der Waals surface area contributed by atoms with Crippen molar-refractivity contribution in [2.45, 2.75) is 19.9 Å². The molecule has 3 N–H and O–H groups in total. The summed E-state index contributed by atoms with van der Waals surface area (Å²) in [5, 5.41) is 7.24. The molecule has 5 nitrogen and oxygen atoms in total. The number of benzene rings is 1. The second-order valence-electron chi connectivity index (χ2n) is 4.74. The molecule has 0 aliphatic heterocycles. The smallest absolute Gasteiger partial charge is 0.272 e. The summed E-state index contributed by atoms with van der Waals surface area (Å²) in [4.78, 5) is 12.1. The highest BCUT2D eigenvalue weighted by Gasteiger charge is 2.13. The van der Waals surface area contributed by atoms with E-state index in [2.05, 4.69) is 17.3 Å². The number of aromatic nitrogens is 2. The number of nitrogens with two attached hydrogens (primary N) is 1. The molecule has 1 unspecified atom stereocenters. The maximum atomic E-state index is 12.1. The standard InChI is InChI=1S/C15H20N4OS/c1-3-21-10-11(2)17-15(20)13-8-9-19(18-13)14-7-5-4-6-12(14)16/h4-9,11H,3,10,16H2,1-2H3,(H,17,20). The molecule has 1 heterocycles.